The van der Waals surface area contributed by atoms with E-state index in [4.69, 9.17) is 9.47 Å². The maximum absolute atomic E-state index is 11.4. The van der Waals surface area contributed by atoms with Crippen LogP contribution in [0.15, 0.2) is 97.1 Å². The molecule has 10 rings (SSSR count). The highest BCUT2D eigenvalue weighted by molar-refractivity contribution is 5.87. The molecule has 1 aromatic heterocycles. The maximum atomic E-state index is 11.4. The molecule has 1 N–H and O–H groups in total. The Morgan fingerprint density at radius 3 is 2.42 bits per heavy atom. The van der Waals surface area contributed by atoms with E-state index in [1.54, 1.807) is 0 Å². The van der Waals surface area contributed by atoms with Crippen LogP contribution in [0.4, 0.5) is 0 Å². The van der Waals surface area contributed by atoms with Crippen LogP contribution in [0.1, 0.15) is 58.9 Å². The molecule has 1 spiro atoms. The zero-order chi connectivity index (χ0) is 29.8. The highest BCUT2D eigenvalue weighted by Crippen LogP contribution is 2.70. The number of nitrogens with zero attached hydrogens (tertiary/aromatic N) is 2. The van der Waals surface area contributed by atoms with Gasteiger partial charge in [0, 0.05) is 42.0 Å². The smallest absolute Gasteiger partial charge is 0.166 e. The lowest BCUT2D eigenvalue weighted by atomic mass is 9.48. The van der Waals surface area contributed by atoms with Crippen LogP contribution < -0.4 is 4.74 Å². The number of phenols is 1. The molecule has 3 heterocycles. The molecule has 5 nitrogen and oxygen atoms in total. The largest absolute Gasteiger partial charge is 0.504 e. The lowest BCUT2D eigenvalue weighted by Crippen LogP contribution is -2.75. The van der Waals surface area contributed by atoms with Crippen LogP contribution in [0.25, 0.3) is 10.9 Å². The molecule has 0 unspecified atom stereocenters. The van der Waals surface area contributed by atoms with Gasteiger partial charge in [0.25, 0.3) is 0 Å². The Bertz CT molecular complexity index is 1950. The number of para-hydroxylation sites is 1. The van der Waals surface area contributed by atoms with Crippen LogP contribution in [0.2, 0.25) is 0 Å². The number of fused-ring (bicyclic) bond motifs is 4. The molecule has 1 saturated carbocycles. The molecule has 2 bridgehead atoms. The minimum Gasteiger partial charge on any atom is -0.504 e. The van der Waals surface area contributed by atoms with Crippen LogP contribution in [-0.2, 0) is 36.1 Å². The van der Waals surface area contributed by atoms with Crippen molar-refractivity contribution < 1.29 is 14.6 Å². The van der Waals surface area contributed by atoms with Gasteiger partial charge in [0.2, 0.25) is 0 Å². The van der Waals surface area contributed by atoms with Gasteiger partial charge in [-0.2, -0.15) is 0 Å². The molecule has 1 saturated heterocycles. The van der Waals surface area contributed by atoms with E-state index in [1.165, 1.54) is 57.3 Å². The van der Waals surface area contributed by atoms with Crippen molar-refractivity contribution in [2.75, 3.05) is 13.1 Å². The molecule has 3 aliphatic carbocycles. The van der Waals surface area contributed by atoms with E-state index in [0.29, 0.717) is 12.4 Å². The summed E-state index contributed by atoms with van der Waals surface area (Å²) in [6.45, 7) is 3.51. The third kappa shape index (κ3) is 3.57. The van der Waals surface area contributed by atoms with Crippen molar-refractivity contribution in [2.24, 2.45) is 5.92 Å². The number of aromatic nitrogens is 1. The predicted molar refractivity (Wildman–Crippen MR) is 175 cm³/mol. The number of hydrogen-bond donors (Lipinski definition) is 1. The number of benzene rings is 4. The summed E-state index contributed by atoms with van der Waals surface area (Å²) in [6, 6.07) is 34.6. The molecule has 226 valence electrons. The molecular weight excluding hydrogens is 556 g/mol. The number of hydrogen-bond acceptors (Lipinski definition) is 4. The molecular formula is C40H38N2O3. The highest BCUT2D eigenvalue weighted by Gasteiger charge is 2.74. The van der Waals surface area contributed by atoms with Gasteiger partial charge in [0.05, 0.1) is 17.7 Å². The standard InChI is InChI=1S/C40H38N2O3/c43-33-18-17-29-21-34-40(44-25-28-11-5-2-6-12-28)22-31-30-13-7-8-14-32(30)42(24-26-9-3-1-4-10-26)36(31)38-39(40,35(29)37(33)45-38)19-20-41(34)23-27-15-16-27/h1-14,17-18,27,34,38,43H,15-16,19-25H2/t34-,38+,39+,40-/m1/s1. The highest BCUT2D eigenvalue weighted by atomic mass is 16.5. The second-order valence-corrected chi connectivity index (χ2v) is 14.1. The molecule has 4 atom stereocenters. The Labute approximate surface area is 264 Å². The lowest BCUT2D eigenvalue weighted by Gasteiger charge is -2.64. The normalized spacial score (nSPS) is 27.6. The van der Waals surface area contributed by atoms with Gasteiger partial charge in [0.15, 0.2) is 17.6 Å². The lowest BCUT2D eigenvalue weighted by molar-refractivity contribution is -0.211. The summed E-state index contributed by atoms with van der Waals surface area (Å²) in [5, 5.41) is 12.7. The van der Waals surface area contributed by atoms with Crippen LogP contribution in [0.3, 0.4) is 0 Å². The molecule has 5 aliphatic rings. The first-order valence-corrected chi connectivity index (χ1v) is 16.7. The van der Waals surface area contributed by atoms with Crippen LogP contribution in [-0.4, -0.2) is 39.3 Å². The van der Waals surface area contributed by atoms with E-state index in [2.05, 4.69) is 100 Å². The molecule has 0 radical (unpaired) electrons. The van der Waals surface area contributed by atoms with Gasteiger partial charge in [-0.25, -0.2) is 0 Å². The topological polar surface area (TPSA) is 46.9 Å². The van der Waals surface area contributed by atoms with E-state index in [9.17, 15) is 5.11 Å². The zero-order valence-corrected chi connectivity index (χ0v) is 25.5. The Balaban J connectivity index is 1.24. The molecule has 0 amide bonds. The number of aromatic hydroxyl groups is 1. The summed E-state index contributed by atoms with van der Waals surface area (Å²) in [5.74, 6) is 1.73. The first-order chi connectivity index (χ1) is 22.2. The summed E-state index contributed by atoms with van der Waals surface area (Å²) >= 11 is 0. The first-order valence-electron chi connectivity index (χ1n) is 16.7. The van der Waals surface area contributed by atoms with E-state index >= 15 is 0 Å². The van der Waals surface area contributed by atoms with Crippen LogP contribution in [0, 0.1) is 5.92 Å². The van der Waals surface area contributed by atoms with Crippen molar-refractivity contribution in [2.45, 2.75) is 68.4 Å². The van der Waals surface area contributed by atoms with Crippen molar-refractivity contribution in [1.82, 2.24) is 9.47 Å². The Hall–Kier alpha value is -4.06. The molecule has 4 aromatic carbocycles. The second kappa shape index (κ2) is 9.48. The fraction of sp³-hybridized carbons (Fsp3) is 0.350. The van der Waals surface area contributed by atoms with Crippen molar-refractivity contribution in [3.8, 4) is 11.5 Å². The monoisotopic (exact) mass is 594 g/mol. The Kier molecular flexibility index (Phi) is 5.51. The summed E-state index contributed by atoms with van der Waals surface area (Å²) in [5.41, 5.74) is 7.97. The number of piperidine rings is 1. The van der Waals surface area contributed by atoms with Gasteiger partial charge in [0.1, 0.15) is 5.60 Å². The van der Waals surface area contributed by atoms with E-state index in [-0.39, 0.29) is 17.9 Å². The fourth-order valence-electron chi connectivity index (χ4n) is 9.77. The number of likely N-dealkylation sites (tertiary alicyclic amines) is 1. The van der Waals surface area contributed by atoms with Gasteiger partial charge in [-0.1, -0.05) is 84.9 Å². The van der Waals surface area contributed by atoms with Crippen LogP contribution in [0.5, 0.6) is 11.5 Å². The van der Waals surface area contributed by atoms with E-state index in [0.717, 1.165) is 44.8 Å². The summed E-state index contributed by atoms with van der Waals surface area (Å²) in [4.78, 5) is 2.78. The van der Waals surface area contributed by atoms with Gasteiger partial charge in [-0.3, -0.25) is 4.90 Å². The van der Waals surface area contributed by atoms with Crippen molar-refractivity contribution in [1.29, 1.82) is 0 Å². The maximum Gasteiger partial charge on any atom is 0.166 e. The minimum atomic E-state index is -0.499. The summed E-state index contributed by atoms with van der Waals surface area (Å²) in [6.07, 6.45) is 5.12. The molecule has 45 heavy (non-hydrogen) atoms. The second-order valence-electron chi connectivity index (χ2n) is 14.1. The van der Waals surface area contributed by atoms with Crippen LogP contribution >= 0.6 is 0 Å². The fourth-order valence-corrected chi connectivity index (χ4v) is 9.77. The average molecular weight is 595 g/mol. The van der Waals surface area contributed by atoms with Gasteiger partial charge < -0.3 is 19.1 Å². The number of rotatable bonds is 7. The van der Waals surface area contributed by atoms with E-state index in [1.807, 2.05) is 6.07 Å². The summed E-state index contributed by atoms with van der Waals surface area (Å²) in [7, 11) is 0. The van der Waals surface area contributed by atoms with Crippen molar-refractivity contribution >= 4 is 10.9 Å². The Morgan fingerprint density at radius 2 is 1.62 bits per heavy atom. The SMILES string of the molecule is Oc1ccc2c3c1O[C@H]1c4c(c5ccccc5n4Cc4ccccc4)C[C@@]4(OCc5ccccc5)[C@@H](C2)N(CC2CC2)CC[C@]314. The molecule has 5 aromatic rings. The molecule has 2 fully saturated rings. The first kappa shape index (κ1) is 26.2. The quantitative estimate of drug-likeness (QED) is 0.215. The molecule has 5 heteroatoms. The van der Waals surface area contributed by atoms with Crippen molar-refractivity contribution in [3.63, 3.8) is 0 Å². The predicted octanol–water partition coefficient (Wildman–Crippen LogP) is 7.32. The third-order valence-corrected chi connectivity index (χ3v) is 11.8. The zero-order valence-electron chi connectivity index (χ0n) is 25.5. The van der Waals surface area contributed by atoms with Gasteiger partial charge in [-0.05, 0) is 72.5 Å². The number of ether oxygens (including phenoxy) is 2. The summed E-state index contributed by atoms with van der Waals surface area (Å²) < 4.78 is 17.3. The number of phenolic OH excluding ortho intramolecular Hbond substituents is 1. The van der Waals surface area contributed by atoms with E-state index < -0.39 is 11.0 Å². The molecule has 2 aliphatic heterocycles. The third-order valence-electron chi connectivity index (χ3n) is 11.8. The average Bonchev–Trinajstić information content (AvgIpc) is 3.76. The van der Waals surface area contributed by atoms with Gasteiger partial charge in [-0.15, -0.1) is 0 Å². The van der Waals surface area contributed by atoms with Crippen molar-refractivity contribution in [3.05, 3.63) is 131 Å². The Morgan fingerprint density at radius 1 is 0.867 bits per heavy atom. The van der Waals surface area contributed by atoms with Gasteiger partial charge >= 0.3 is 0 Å². The minimum absolute atomic E-state index is 0.231.